The van der Waals surface area contributed by atoms with Gasteiger partial charge in [0.05, 0.1) is 12.0 Å². The molecule has 0 fully saturated rings. The Labute approximate surface area is 150 Å². The van der Waals surface area contributed by atoms with Crippen LogP contribution in [0.3, 0.4) is 0 Å². The maximum Gasteiger partial charge on any atom is 0.307 e. The number of benzene rings is 1. The van der Waals surface area contributed by atoms with Gasteiger partial charge in [0.15, 0.2) is 37.5 Å². The van der Waals surface area contributed by atoms with E-state index in [0.29, 0.717) is 0 Å². The third kappa shape index (κ3) is 6.28. The van der Waals surface area contributed by atoms with Gasteiger partial charge in [-0.1, -0.05) is 0 Å². The van der Waals surface area contributed by atoms with Crippen molar-refractivity contribution in [1.82, 2.24) is 0 Å². The molecule has 12 heteroatoms. The Morgan fingerprint density at radius 3 is 2.26 bits per heavy atom. The number of carboxylic acids is 2. The molecule has 27 heavy (non-hydrogen) atoms. The summed E-state index contributed by atoms with van der Waals surface area (Å²) >= 11 is 0. The number of carbonyl (C=O) groups is 2. The molecule has 0 bridgehead atoms. The number of rotatable bonds is 10. The second-order valence-corrected chi connectivity index (χ2v) is 7.05. The largest absolute Gasteiger partial charge is 0.481 e. The van der Waals surface area contributed by atoms with Crippen molar-refractivity contribution in [2.45, 2.75) is 32.0 Å². The van der Waals surface area contributed by atoms with Gasteiger partial charge in [0.1, 0.15) is 0 Å². The molecule has 0 aromatic heterocycles. The van der Waals surface area contributed by atoms with E-state index in [1.54, 1.807) is 0 Å². The molecule has 152 valence electrons. The fourth-order valence-corrected chi connectivity index (χ4v) is 3.58. The van der Waals surface area contributed by atoms with E-state index in [4.69, 9.17) is 14.7 Å². The maximum absolute atomic E-state index is 14.3. The molecule has 1 rings (SSSR count). The smallest absolute Gasteiger partial charge is 0.307 e. The quantitative estimate of drug-likeness (QED) is 0.260. The lowest BCUT2D eigenvalue weighted by molar-refractivity contribution is -0.142. The van der Waals surface area contributed by atoms with Gasteiger partial charge in [-0.3, -0.25) is 14.2 Å². The van der Waals surface area contributed by atoms with Crippen molar-refractivity contribution in [3.63, 3.8) is 0 Å². The average molecular weight is 418 g/mol. The van der Waals surface area contributed by atoms with Crippen LogP contribution in [0, 0.1) is 29.2 Å². The highest BCUT2D eigenvalue weighted by atomic mass is 31.1. The lowest BCUT2D eigenvalue weighted by Gasteiger charge is -2.19. The van der Waals surface area contributed by atoms with Gasteiger partial charge in [0, 0.05) is 18.1 Å². The van der Waals surface area contributed by atoms with E-state index in [0.717, 1.165) is 6.92 Å². The minimum Gasteiger partial charge on any atom is -0.481 e. The fraction of sp³-hybridized carbons (Fsp3) is 0.467. The van der Waals surface area contributed by atoms with Crippen LogP contribution < -0.4 is 0 Å². The summed E-state index contributed by atoms with van der Waals surface area (Å²) < 4.78 is 83.8. The summed E-state index contributed by atoms with van der Waals surface area (Å²) in [6, 6.07) is 0.0996. The number of hydrogen-bond acceptors (Lipinski definition) is 4. The molecule has 4 unspecified atom stereocenters. The van der Waals surface area contributed by atoms with Crippen LogP contribution in [-0.2, 0) is 18.7 Å². The Morgan fingerprint density at radius 2 is 1.74 bits per heavy atom. The Morgan fingerprint density at radius 1 is 1.15 bits per heavy atom. The summed E-state index contributed by atoms with van der Waals surface area (Å²) in [5.41, 5.74) is -1.19. The zero-order valence-corrected chi connectivity index (χ0v) is 14.8. The van der Waals surface area contributed by atoms with Crippen LogP contribution in [0.15, 0.2) is 6.07 Å². The highest BCUT2D eigenvalue weighted by molar-refractivity contribution is 7.39. The highest BCUT2D eigenvalue weighted by Crippen LogP contribution is 2.36. The van der Waals surface area contributed by atoms with Crippen molar-refractivity contribution in [2.75, 3.05) is 6.16 Å². The third-order valence-corrected chi connectivity index (χ3v) is 5.09. The average Bonchev–Trinajstić information content (AvgIpc) is 2.58. The van der Waals surface area contributed by atoms with E-state index in [-0.39, 0.29) is 12.5 Å². The zero-order chi connectivity index (χ0) is 20.9. The molecule has 0 amide bonds. The minimum absolute atomic E-state index is 0.0996. The van der Waals surface area contributed by atoms with Crippen LogP contribution in [0.2, 0.25) is 0 Å². The molecule has 0 saturated heterocycles. The lowest BCUT2D eigenvalue weighted by atomic mass is 10.1. The van der Waals surface area contributed by atoms with Crippen molar-refractivity contribution in [2.24, 2.45) is 5.92 Å². The van der Waals surface area contributed by atoms with Crippen molar-refractivity contribution in [3.05, 3.63) is 34.9 Å². The normalized spacial score (nSPS) is 15.8. The molecule has 0 heterocycles. The SMILES string of the molecule is CC(O[PH](=O)CC(CCC(=O)O)C(=O)O)C(F)c1cc(F)c(F)c(F)c1F. The number of carboxylic acid groups (broad SMARTS) is 2. The second kappa shape index (κ2) is 9.80. The van der Waals surface area contributed by atoms with Gasteiger partial charge in [-0.2, -0.15) is 0 Å². The summed E-state index contributed by atoms with van der Waals surface area (Å²) in [4.78, 5) is 21.5. The first-order valence-electron chi connectivity index (χ1n) is 7.56. The molecule has 1 aromatic carbocycles. The highest BCUT2D eigenvalue weighted by Gasteiger charge is 2.30. The van der Waals surface area contributed by atoms with Gasteiger partial charge < -0.3 is 14.7 Å². The first kappa shape index (κ1) is 23.0. The number of alkyl halides is 1. The number of hydrogen-bond donors (Lipinski definition) is 2. The monoisotopic (exact) mass is 418 g/mol. The van der Waals surface area contributed by atoms with Crippen molar-refractivity contribution in [1.29, 1.82) is 0 Å². The zero-order valence-electron chi connectivity index (χ0n) is 13.8. The summed E-state index contributed by atoms with van der Waals surface area (Å²) in [6.07, 6.45) is -5.69. The first-order chi connectivity index (χ1) is 12.5. The van der Waals surface area contributed by atoms with Gasteiger partial charge in [-0.15, -0.1) is 0 Å². The van der Waals surface area contributed by atoms with Crippen LogP contribution in [0.25, 0.3) is 0 Å². The molecule has 4 atom stereocenters. The summed E-state index contributed by atoms with van der Waals surface area (Å²) in [7, 11) is -3.22. The van der Waals surface area contributed by atoms with E-state index >= 15 is 0 Å². The van der Waals surface area contributed by atoms with Crippen molar-refractivity contribution in [3.8, 4) is 0 Å². The molecule has 0 radical (unpaired) electrons. The standard InChI is InChI=1S/C15H16F5O6P/c1-6(11(17)8-4-9(16)13(19)14(20)12(8)18)26-27(25)5-7(15(23)24)2-3-10(21)22/h4,6-7,11,27H,2-3,5H2,1H3,(H,21,22)(H,23,24). The van der Waals surface area contributed by atoms with Crippen molar-refractivity contribution < 1.29 is 50.8 Å². The molecule has 2 N–H and O–H groups in total. The van der Waals surface area contributed by atoms with Crippen LogP contribution in [-0.4, -0.2) is 34.4 Å². The Kier molecular flexibility index (Phi) is 8.36. The second-order valence-electron chi connectivity index (χ2n) is 5.66. The molecular weight excluding hydrogens is 402 g/mol. The summed E-state index contributed by atoms with van der Waals surface area (Å²) in [5, 5.41) is 17.5. The van der Waals surface area contributed by atoms with E-state index in [2.05, 4.69) is 0 Å². The first-order valence-corrected chi connectivity index (χ1v) is 9.09. The Hall–Kier alpha value is -2.00. The maximum atomic E-state index is 14.3. The van der Waals surface area contributed by atoms with E-state index in [1.807, 2.05) is 0 Å². The topological polar surface area (TPSA) is 101 Å². The van der Waals surface area contributed by atoms with Gasteiger partial charge in [0.25, 0.3) is 0 Å². The van der Waals surface area contributed by atoms with E-state index < -0.39 is 79.6 Å². The van der Waals surface area contributed by atoms with E-state index in [9.17, 15) is 36.1 Å². The molecule has 6 nitrogen and oxygen atoms in total. The fourth-order valence-electron chi connectivity index (χ4n) is 2.17. The lowest BCUT2D eigenvalue weighted by Crippen LogP contribution is -2.20. The minimum atomic E-state index is -3.22. The number of aliphatic carboxylic acids is 2. The Balaban J connectivity index is 2.82. The third-order valence-electron chi connectivity index (χ3n) is 3.63. The summed E-state index contributed by atoms with van der Waals surface area (Å²) in [5.74, 6) is -12.2. The van der Waals surface area contributed by atoms with Crippen LogP contribution in [0.5, 0.6) is 0 Å². The molecule has 0 aliphatic carbocycles. The Bertz CT molecular complexity index is 744. The van der Waals surface area contributed by atoms with Crippen LogP contribution in [0.4, 0.5) is 22.0 Å². The number of halogens is 5. The van der Waals surface area contributed by atoms with Crippen LogP contribution >= 0.6 is 8.03 Å². The molecule has 0 spiro atoms. The van der Waals surface area contributed by atoms with Gasteiger partial charge >= 0.3 is 11.9 Å². The van der Waals surface area contributed by atoms with Crippen molar-refractivity contribution >= 4 is 20.0 Å². The van der Waals surface area contributed by atoms with E-state index in [1.165, 1.54) is 0 Å². The molecular formula is C15H16F5O6P. The van der Waals surface area contributed by atoms with Gasteiger partial charge in [-0.05, 0) is 19.4 Å². The van der Waals surface area contributed by atoms with Gasteiger partial charge in [-0.25, -0.2) is 22.0 Å². The van der Waals surface area contributed by atoms with Gasteiger partial charge in [0.2, 0.25) is 0 Å². The molecule has 0 aliphatic heterocycles. The van der Waals surface area contributed by atoms with Crippen LogP contribution in [0.1, 0.15) is 31.5 Å². The summed E-state index contributed by atoms with van der Waals surface area (Å²) in [6.45, 7) is 0.957. The molecule has 0 saturated carbocycles. The molecule has 1 aromatic rings. The predicted octanol–water partition coefficient (Wildman–Crippen LogP) is 3.70. The predicted molar refractivity (Wildman–Crippen MR) is 82.5 cm³/mol. The molecule has 0 aliphatic rings.